The van der Waals surface area contributed by atoms with Crippen LogP contribution in [0.5, 0.6) is 5.75 Å². The minimum Gasteiger partial charge on any atom is -0.497 e. The molecule has 0 aliphatic heterocycles. The van der Waals surface area contributed by atoms with Gasteiger partial charge in [-0.15, -0.1) is 0 Å². The zero-order valence-corrected chi connectivity index (χ0v) is 24.5. The number of methoxy groups -OCH3 is 1. The Hall–Kier alpha value is -3.92. The molecule has 8 nitrogen and oxygen atoms in total. The summed E-state index contributed by atoms with van der Waals surface area (Å²) < 4.78 is 48.6. The number of hydrogen-bond acceptors (Lipinski definition) is 5. The van der Waals surface area contributed by atoms with E-state index in [0.29, 0.717) is 11.3 Å². The molecule has 2 amide bonds. The first-order valence-electron chi connectivity index (χ1n) is 12.8. The van der Waals surface area contributed by atoms with E-state index in [4.69, 9.17) is 4.74 Å². The van der Waals surface area contributed by atoms with Crippen molar-refractivity contribution in [1.82, 2.24) is 10.2 Å². The molecule has 0 saturated heterocycles. The van der Waals surface area contributed by atoms with E-state index in [1.54, 1.807) is 43.3 Å². The van der Waals surface area contributed by atoms with Crippen molar-refractivity contribution in [3.8, 4) is 5.75 Å². The number of nitrogens with one attached hydrogen (secondary N) is 1. The quantitative estimate of drug-likeness (QED) is 0.383. The van der Waals surface area contributed by atoms with Gasteiger partial charge in [-0.2, -0.15) is 0 Å². The van der Waals surface area contributed by atoms with Crippen molar-refractivity contribution < 1.29 is 27.1 Å². The molecule has 3 aromatic rings. The number of carbonyl (C=O) groups excluding carboxylic acids is 2. The van der Waals surface area contributed by atoms with Gasteiger partial charge in [-0.05, 0) is 76.6 Å². The maximum absolute atomic E-state index is 15.0. The first-order chi connectivity index (χ1) is 18.7. The molecule has 0 saturated carbocycles. The molecule has 0 aliphatic rings. The fourth-order valence-corrected chi connectivity index (χ4v) is 5.45. The third-order valence-corrected chi connectivity index (χ3v) is 7.94. The summed E-state index contributed by atoms with van der Waals surface area (Å²) in [5.41, 5.74) is 0.673. The summed E-state index contributed by atoms with van der Waals surface area (Å²) in [6.45, 7) is 8.11. The summed E-state index contributed by atoms with van der Waals surface area (Å²) in [5.74, 6) is -1.34. The highest BCUT2D eigenvalue weighted by molar-refractivity contribution is 7.92. The number of sulfonamides is 1. The second-order valence-corrected chi connectivity index (χ2v) is 12.4. The van der Waals surface area contributed by atoms with Gasteiger partial charge in [-0.25, -0.2) is 12.8 Å². The Morgan fingerprint density at radius 1 is 1.00 bits per heavy atom. The van der Waals surface area contributed by atoms with Crippen molar-refractivity contribution in [2.45, 2.75) is 57.6 Å². The van der Waals surface area contributed by atoms with Gasteiger partial charge in [-0.3, -0.25) is 13.9 Å². The van der Waals surface area contributed by atoms with Crippen LogP contribution in [-0.2, 0) is 26.2 Å². The third kappa shape index (κ3) is 7.59. The van der Waals surface area contributed by atoms with Crippen molar-refractivity contribution in [1.29, 1.82) is 0 Å². The first-order valence-corrected chi connectivity index (χ1v) is 14.3. The van der Waals surface area contributed by atoms with Gasteiger partial charge in [-0.1, -0.05) is 42.0 Å². The molecule has 0 spiro atoms. The average molecular weight is 570 g/mol. The molecular weight excluding hydrogens is 533 g/mol. The lowest BCUT2D eigenvalue weighted by atomic mass is 10.1. The molecule has 1 N–H and O–H groups in total. The van der Waals surface area contributed by atoms with Gasteiger partial charge in [0.1, 0.15) is 24.2 Å². The van der Waals surface area contributed by atoms with Crippen molar-refractivity contribution >= 4 is 27.5 Å². The number of aryl methyl sites for hydroxylation is 1. The summed E-state index contributed by atoms with van der Waals surface area (Å²) in [6, 6.07) is 17.5. The Bertz CT molecular complexity index is 1450. The van der Waals surface area contributed by atoms with E-state index in [9.17, 15) is 22.4 Å². The molecule has 0 radical (unpaired) electrons. The zero-order chi connectivity index (χ0) is 29.7. The Kier molecular flexibility index (Phi) is 9.57. The number of nitrogens with zero attached hydrogens (tertiary/aromatic N) is 2. The van der Waals surface area contributed by atoms with Crippen LogP contribution in [0.1, 0.15) is 38.8 Å². The van der Waals surface area contributed by atoms with Gasteiger partial charge in [0.25, 0.3) is 10.0 Å². The van der Waals surface area contributed by atoms with Gasteiger partial charge in [0, 0.05) is 12.1 Å². The van der Waals surface area contributed by atoms with Crippen LogP contribution in [0.25, 0.3) is 0 Å². The van der Waals surface area contributed by atoms with Crippen LogP contribution in [0, 0.1) is 12.7 Å². The predicted octanol–water partition coefficient (Wildman–Crippen LogP) is 4.67. The van der Waals surface area contributed by atoms with Crippen LogP contribution >= 0.6 is 0 Å². The SMILES string of the molecule is COc1cccc(CN(C(=O)CN(c2ccccc2F)S(=O)(=O)c2ccc(C)cc2)[C@H](C)C(=O)NC(C)(C)C)c1. The Morgan fingerprint density at radius 2 is 1.65 bits per heavy atom. The van der Waals surface area contributed by atoms with E-state index in [1.165, 1.54) is 42.3 Å². The molecule has 10 heteroatoms. The smallest absolute Gasteiger partial charge is 0.264 e. The van der Waals surface area contributed by atoms with Crippen LogP contribution in [-0.4, -0.2) is 50.4 Å². The minimum atomic E-state index is -4.35. The Balaban J connectivity index is 2.06. The highest BCUT2D eigenvalue weighted by atomic mass is 32.2. The van der Waals surface area contributed by atoms with Crippen LogP contribution in [0.2, 0.25) is 0 Å². The predicted molar refractivity (Wildman–Crippen MR) is 153 cm³/mol. The lowest BCUT2D eigenvalue weighted by molar-refractivity contribution is -0.140. The second kappa shape index (κ2) is 12.5. The number of halogens is 1. The maximum atomic E-state index is 15.0. The molecule has 214 valence electrons. The first kappa shape index (κ1) is 30.6. The van der Waals surface area contributed by atoms with Gasteiger partial charge in [0.15, 0.2) is 0 Å². The molecule has 0 aliphatic carbocycles. The molecule has 40 heavy (non-hydrogen) atoms. The Morgan fingerprint density at radius 3 is 2.25 bits per heavy atom. The van der Waals surface area contributed by atoms with Crippen molar-refractivity contribution in [3.05, 3.63) is 89.7 Å². The Labute approximate surface area is 235 Å². The average Bonchev–Trinajstić information content (AvgIpc) is 2.89. The number of para-hydroxylation sites is 1. The monoisotopic (exact) mass is 569 g/mol. The molecule has 0 bridgehead atoms. The van der Waals surface area contributed by atoms with E-state index in [-0.39, 0.29) is 17.1 Å². The number of benzene rings is 3. The van der Waals surface area contributed by atoms with Crippen molar-refractivity contribution in [2.24, 2.45) is 0 Å². The highest BCUT2D eigenvalue weighted by Gasteiger charge is 2.34. The molecule has 0 aromatic heterocycles. The number of hydrogen-bond donors (Lipinski definition) is 1. The summed E-state index contributed by atoms with van der Waals surface area (Å²) in [7, 11) is -2.84. The molecule has 3 rings (SSSR count). The largest absolute Gasteiger partial charge is 0.497 e. The van der Waals surface area contributed by atoms with Gasteiger partial charge < -0.3 is 15.0 Å². The van der Waals surface area contributed by atoms with E-state index < -0.39 is 45.8 Å². The normalized spacial score (nSPS) is 12.4. The van der Waals surface area contributed by atoms with E-state index in [0.717, 1.165) is 15.9 Å². The number of rotatable bonds is 10. The molecule has 1 atom stereocenters. The minimum absolute atomic E-state index is 0.00947. The molecule has 3 aromatic carbocycles. The fourth-order valence-electron chi connectivity index (χ4n) is 4.03. The fraction of sp³-hybridized carbons (Fsp3) is 0.333. The molecule has 0 unspecified atom stereocenters. The molecular formula is C30H36FN3O5S. The van der Waals surface area contributed by atoms with Gasteiger partial charge in [0.05, 0.1) is 17.7 Å². The summed E-state index contributed by atoms with van der Waals surface area (Å²) in [4.78, 5) is 28.3. The topological polar surface area (TPSA) is 96.0 Å². The van der Waals surface area contributed by atoms with Gasteiger partial charge >= 0.3 is 0 Å². The number of ether oxygens (including phenoxy) is 1. The van der Waals surface area contributed by atoms with Crippen LogP contribution in [0.15, 0.2) is 77.7 Å². The summed E-state index contributed by atoms with van der Waals surface area (Å²) in [6.07, 6.45) is 0. The zero-order valence-electron chi connectivity index (χ0n) is 23.6. The van der Waals surface area contributed by atoms with Gasteiger partial charge in [0.2, 0.25) is 11.8 Å². The lowest BCUT2D eigenvalue weighted by Gasteiger charge is -2.33. The molecule has 0 heterocycles. The summed E-state index contributed by atoms with van der Waals surface area (Å²) in [5, 5.41) is 2.87. The van der Waals surface area contributed by atoms with E-state index in [2.05, 4.69) is 5.32 Å². The number of carbonyl (C=O) groups is 2. The molecule has 0 fully saturated rings. The maximum Gasteiger partial charge on any atom is 0.264 e. The van der Waals surface area contributed by atoms with Crippen molar-refractivity contribution in [3.63, 3.8) is 0 Å². The number of anilines is 1. The number of amides is 2. The third-order valence-electron chi connectivity index (χ3n) is 6.16. The van der Waals surface area contributed by atoms with Crippen LogP contribution in [0.4, 0.5) is 10.1 Å². The lowest BCUT2D eigenvalue weighted by Crippen LogP contribution is -2.54. The van der Waals surface area contributed by atoms with E-state index in [1.807, 2.05) is 27.7 Å². The highest BCUT2D eigenvalue weighted by Crippen LogP contribution is 2.27. The standard InChI is InChI=1S/C30H36FN3O5S/c1-21-14-16-25(17-15-21)40(37,38)34(27-13-8-7-12-26(27)31)20-28(35)33(22(2)29(36)32-30(3,4)5)19-23-10-9-11-24(18-23)39-6/h7-18,22H,19-20H2,1-6H3,(H,32,36)/t22-/m1/s1. The van der Waals surface area contributed by atoms with Crippen molar-refractivity contribution in [2.75, 3.05) is 18.0 Å². The summed E-state index contributed by atoms with van der Waals surface area (Å²) >= 11 is 0. The second-order valence-electron chi connectivity index (χ2n) is 10.6. The van der Waals surface area contributed by atoms with Crippen LogP contribution in [0.3, 0.4) is 0 Å². The van der Waals surface area contributed by atoms with Crippen LogP contribution < -0.4 is 14.4 Å². The van der Waals surface area contributed by atoms with E-state index >= 15 is 0 Å².